The molecule has 240 valence electrons. The Kier molecular flexibility index (Phi) is 9.05. The minimum absolute atomic E-state index is 0.0961. The second-order valence-corrected chi connectivity index (χ2v) is 13.8. The van der Waals surface area contributed by atoms with Crippen LogP contribution in [0.5, 0.6) is 0 Å². The van der Waals surface area contributed by atoms with E-state index in [0.717, 1.165) is 25.9 Å². The summed E-state index contributed by atoms with van der Waals surface area (Å²) in [6, 6.07) is 26.4. The Bertz CT molecular complexity index is 1990. The summed E-state index contributed by atoms with van der Waals surface area (Å²) in [5, 5.41) is 14.3. The summed E-state index contributed by atoms with van der Waals surface area (Å²) in [5.74, 6) is -0.718. The van der Waals surface area contributed by atoms with Gasteiger partial charge in [0.15, 0.2) is 5.71 Å². The Labute approximate surface area is 279 Å². The zero-order chi connectivity index (χ0) is 33.2. The van der Waals surface area contributed by atoms with Gasteiger partial charge in [0, 0.05) is 47.5 Å². The smallest absolute Gasteiger partial charge is 0.303 e. The van der Waals surface area contributed by atoms with Crippen molar-refractivity contribution in [1.29, 1.82) is 0 Å². The zero-order valence-electron chi connectivity index (χ0n) is 28.5. The topological polar surface area (TPSA) is 43.5 Å². The molecule has 2 aliphatic rings. The van der Waals surface area contributed by atoms with Crippen LogP contribution in [-0.4, -0.2) is 34.5 Å². The molecule has 47 heavy (non-hydrogen) atoms. The third-order valence-corrected chi connectivity index (χ3v) is 10.0. The van der Waals surface area contributed by atoms with Crippen molar-refractivity contribution in [3.63, 3.8) is 0 Å². The molecule has 0 aliphatic carbocycles. The van der Waals surface area contributed by atoms with Gasteiger partial charge in [-0.2, -0.15) is 4.58 Å². The van der Waals surface area contributed by atoms with E-state index < -0.39 is 5.97 Å². The predicted molar refractivity (Wildman–Crippen MR) is 198 cm³/mol. The van der Waals surface area contributed by atoms with Crippen LogP contribution < -0.4 is 4.90 Å². The monoisotopic (exact) mass is 623 g/mol. The first-order valence-corrected chi connectivity index (χ1v) is 17.1. The molecular formula is C43H47N2O2+. The first-order chi connectivity index (χ1) is 22.7. The fourth-order valence-corrected chi connectivity index (χ4v) is 7.86. The number of nitrogens with zero attached hydrogens (tertiary/aromatic N) is 2. The van der Waals surface area contributed by atoms with Gasteiger partial charge < -0.3 is 10.0 Å². The van der Waals surface area contributed by atoms with E-state index in [2.05, 4.69) is 159 Å². The Morgan fingerprint density at radius 1 is 0.745 bits per heavy atom. The number of hydrogen-bond donors (Lipinski definition) is 1. The molecule has 4 nitrogen and oxygen atoms in total. The van der Waals surface area contributed by atoms with Gasteiger partial charge in [-0.05, 0) is 78.9 Å². The van der Waals surface area contributed by atoms with Crippen molar-refractivity contribution < 1.29 is 14.5 Å². The van der Waals surface area contributed by atoms with Crippen molar-refractivity contribution in [1.82, 2.24) is 0 Å². The molecule has 0 atom stereocenters. The first kappa shape index (κ1) is 32.2. The third-order valence-electron chi connectivity index (χ3n) is 10.0. The summed E-state index contributed by atoms with van der Waals surface area (Å²) < 4.78 is 2.45. The molecule has 0 spiro atoms. The highest BCUT2D eigenvalue weighted by molar-refractivity contribution is 6.07. The highest BCUT2D eigenvalue weighted by Crippen LogP contribution is 2.51. The lowest BCUT2D eigenvalue weighted by Gasteiger charge is -2.27. The molecule has 0 saturated carbocycles. The fraction of sp³-hybridized carbons (Fsp3) is 0.302. The van der Waals surface area contributed by atoms with Gasteiger partial charge in [-0.15, -0.1) is 0 Å². The van der Waals surface area contributed by atoms with Gasteiger partial charge in [0.25, 0.3) is 0 Å². The number of carboxylic acid groups (broad SMARTS) is 1. The molecule has 6 rings (SSSR count). The summed E-state index contributed by atoms with van der Waals surface area (Å²) >= 11 is 0. The molecule has 2 aliphatic heterocycles. The summed E-state index contributed by atoms with van der Waals surface area (Å²) in [4.78, 5) is 13.5. The average molecular weight is 624 g/mol. The molecule has 0 radical (unpaired) electrons. The fourth-order valence-electron chi connectivity index (χ4n) is 7.86. The van der Waals surface area contributed by atoms with Crippen molar-refractivity contribution in [3.8, 4) is 0 Å². The molecule has 4 aromatic rings. The summed E-state index contributed by atoms with van der Waals surface area (Å²) in [7, 11) is 0. The van der Waals surface area contributed by atoms with E-state index in [9.17, 15) is 4.79 Å². The van der Waals surface area contributed by atoms with Crippen molar-refractivity contribution >= 4 is 44.6 Å². The van der Waals surface area contributed by atoms with E-state index in [1.54, 1.807) is 0 Å². The lowest BCUT2D eigenvalue weighted by atomic mass is 9.79. The van der Waals surface area contributed by atoms with Crippen molar-refractivity contribution in [2.75, 3.05) is 18.0 Å². The van der Waals surface area contributed by atoms with E-state index in [-0.39, 0.29) is 17.3 Å². The van der Waals surface area contributed by atoms with Crippen LogP contribution in [0, 0.1) is 0 Å². The lowest BCUT2D eigenvalue weighted by molar-refractivity contribution is -0.433. The van der Waals surface area contributed by atoms with Gasteiger partial charge in [-0.1, -0.05) is 105 Å². The number of hydrogen-bond acceptors (Lipinski definition) is 2. The number of carbonyl (C=O) groups is 1. The Hall–Kier alpha value is -4.70. The minimum atomic E-state index is -0.718. The summed E-state index contributed by atoms with van der Waals surface area (Å²) in [6.07, 6.45) is 18.0. The van der Waals surface area contributed by atoms with Crippen LogP contribution in [0.4, 0.5) is 11.4 Å². The van der Waals surface area contributed by atoms with E-state index in [1.807, 2.05) is 0 Å². The number of unbranched alkanes of at least 4 members (excludes halogenated alkanes) is 2. The van der Waals surface area contributed by atoms with Crippen molar-refractivity contribution in [2.24, 2.45) is 0 Å². The number of aliphatic carboxylic acids is 1. The third kappa shape index (κ3) is 5.98. The summed E-state index contributed by atoms with van der Waals surface area (Å²) in [5.41, 5.74) is 7.67. The SMILES string of the molecule is CC[N+]1=C(/C=C/C=C/C=C/C=C2/N(CCCCCC(=O)O)c3ccc4ccccc4c3C2(C)C)C(C)(C)c2c1ccc1ccccc21. The Morgan fingerprint density at radius 2 is 1.38 bits per heavy atom. The molecule has 2 heterocycles. The second kappa shape index (κ2) is 13.2. The standard InChI is InChI=1S/C43H46N2O2/c1-6-44-35-28-26-31-19-14-16-21-33(31)40(35)42(2,3)37(44)23-11-8-7-9-12-24-38-43(4,5)41-34-22-17-15-20-32(34)27-29-36(41)45(38)30-18-10-13-25-39(46)47/h7-9,11-12,14-17,19-24,26-29H,6,10,13,18,25,30H2,1-5H3/p+1. The second-order valence-electron chi connectivity index (χ2n) is 13.8. The number of carboxylic acids is 1. The maximum absolute atomic E-state index is 11.0. The van der Waals surface area contributed by atoms with Crippen LogP contribution in [0.3, 0.4) is 0 Å². The van der Waals surface area contributed by atoms with E-state index in [0.29, 0.717) is 6.42 Å². The normalized spacial score (nSPS) is 17.7. The average Bonchev–Trinajstić information content (AvgIpc) is 3.42. The maximum atomic E-state index is 11.0. The molecule has 0 unspecified atom stereocenters. The van der Waals surface area contributed by atoms with Crippen LogP contribution in [0.1, 0.15) is 71.4 Å². The molecular weight excluding hydrogens is 576 g/mol. The van der Waals surface area contributed by atoms with Crippen LogP contribution >= 0.6 is 0 Å². The maximum Gasteiger partial charge on any atom is 0.303 e. The Balaban J connectivity index is 1.23. The molecule has 0 saturated heterocycles. The minimum Gasteiger partial charge on any atom is -0.481 e. The molecule has 0 aromatic heterocycles. The number of anilines is 1. The number of rotatable bonds is 11. The van der Waals surface area contributed by atoms with Crippen LogP contribution in [0.2, 0.25) is 0 Å². The molecule has 0 bridgehead atoms. The predicted octanol–water partition coefficient (Wildman–Crippen LogP) is 10.4. The highest BCUT2D eigenvalue weighted by atomic mass is 16.4. The first-order valence-electron chi connectivity index (χ1n) is 17.1. The van der Waals surface area contributed by atoms with Crippen LogP contribution in [0.25, 0.3) is 21.5 Å². The Morgan fingerprint density at radius 3 is 2.09 bits per heavy atom. The van der Waals surface area contributed by atoms with Gasteiger partial charge in [0.2, 0.25) is 5.69 Å². The van der Waals surface area contributed by atoms with Crippen molar-refractivity contribution in [3.05, 3.63) is 132 Å². The number of fused-ring (bicyclic) bond motifs is 6. The zero-order valence-corrected chi connectivity index (χ0v) is 28.5. The molecule has 1 N–H and O–H groups in total. The van der Waals surface area contributed by atoms with Gasteiger partial charge in [0.05, 0.1) is 5.41 Å². The van der Waals surface area contributed by atoms with E-state index in [4.69, 9.17) is 5.11 Å². The van der Waals surface area contributed by atoms with E-state index >= 15 is 0 Å². The molecule has 4 aromatic carbocycles. The van der Waals surface area contributed by atoms with Gasteiger partial charge in [0.1, 0.15) is 6.54 Å². The quantitative estimate of drug-likeness (QED) is 0.103. The van der Waals surface area contributed by atoms with Crippen molar-refractivity contribution in [2.45, 2.75) is 71.1 Å². The molecule has 0 amide bonds. The highest BCUT2D eigenvalue weighted by Gasteiger charge is 2.45. The number of allylic oxidation sites excluding steroid dienone is 8. The molecule has 4 heteroatoms. The van der Waals surface area contributed by atoms with Gasteiger partial charge >= 0.3 is 5.97 Å². The molecule has 0 fully saturated rings. The van der Waals surface area contributed by atoms with E-state index in [1.165, 1.54) is 55.5 Å². The van der Waals surface area contributed by atoms with Gasteiger partial charge in [-0.25, -0.2) is 0 Å². The lowest BCUT2D eigenvalue weighted by Crippen LogP contribution is -2.27. The van der Waals surface area contributed by atoms with Crippen LogP contribution in [-0.2, 0) is 15.6 Å². The summed E-state index contributed by atoms with van der Waals surface area (Å²) in [6.45, 7) is 13.3. The van der Waals surface area contributed by atoms with Gasteiger partial charge in [-0.3, -0.25) is 4.79 Å². The van der Waals surface area contributed by atoms with Crippen LogP contribution in [0.15, 0.2) is 121 Å². The number of benzene rings is 4. The largest absolute Gasteiger partial charge is 0.481 e.